The Labute approximate surface area is 192 Å². The van der Waals surface area contributed by atoms with Gasteiger partial charge in [0, 0.05) is 35.3 Å². The van der Waals surface area contributed by atoms with Crippen molar-refractivity contribution < 1.29 is 19.0 Å². The molecule has 0 amide bonds. The van der Waals surface area contributed by atoms with Crippen molar-refractivity contribution >= 4 is 22.8 Å². The Morgan fingerprint density at radius 3 is 2.55 bits per heavy atom. The minimum Gasteiger partial charge on any atom is -0.497 e. The van der Waals surface area contributed by atoms with Gasteiger partial charge in [0.25, 0.3) is 0 Å². The van der Waals surface area contributed by atoms with Crippen molar-refractivity contribution in [3.05, 3.63) is 94.9 Å². The lowest BCUT2D eigenvalue weighted by atomic mass is 10.1. The molecule has 0 unspecified atom stereocenters. The SMILES string of the molecule is CCn1cc(/C=C2/Oc3cc(OCc4ccc(C)cc4)ccc3C2=O)c2cc(OC)ccc21. The molecule has 0 saturated carbocycles. The molecule has 1 aromatic heterocycles. The van der Waals surface area contributed by atoms with Crippen LogP contribution in [-0.2, 0) is 13.2 Å². The second kappa shape index (κ2) is 8.51. The highest BCUT2D eigenvalue weighted by atomic mass is 16.5. The molecule has 0 atom stereocenters. The van der Waals surface area contributed by atoms with Gasteiger partial charge in [-0.15, -0.1) is 0 Å². The zero-order chi connectivity index (χ0) is 22.9. The zero-order valence-electron chi connectivity index (χ0n) is 18.9. The monoisotopic (exact) mass is 439 g/mol. The first-order valence-corrected chi connectivity index (χ1v) is 11.0. The Morgan fingerprint density at radius 2 is 1.79 bits per heavy atom. The van der Waals surface area contributed by atoms with Crippen molar-refractivity contribution in [3.8, 4) is 17.2 Å². The van der Waals surface area contributed by atoms with E-state index in [1.165, 1.54) is 5.56 Å². The number of allylic oxidation sites excluding steroid dienone is 1. The lowest BCUT2D eigenvalue weighted by molar-refractivity contribution is 0.101. The van der Waals surface area contributed by atoms with Crippen LogP contribution in [0.3, 0.4) is 0 Å². The van der Waals surface area contributed by atoms with Gasteiger partial charge in [0.15, 0.2) is 5.76 Å². The number of nitrogens with zero attached hydrogens (tertiary/aromatic N) is 1. The van der Waals surface area contributed by atoms with E-state index in [-0.39, 0.29) is 5.78 Å². The van der Waals surface area contributed by atoms with E-state index < -0.39 is 0 Å². The standard InChI is InChI=1S/C28H25NO4/c1-4-29-16-20(24-14-21(31-3)10-12-25(24)29)13-27-28(30)23-11-9-22(15-26(23)33-27)32-17-19-7-5-18(2)6-8-19/h5-16H,4,17H2,1-3H3/b27-13+. The fraction of sp³-hybridized carbons (Fsp3) is 0.179. The summed E-state index contributed by atoms with van der Waals surface area (Å²) in [6.07, 6.45) is 3.84. The van der Waals surface area contributed by atoms with Crippen molar-refractivity contribution in [2.24, 2.45) is 0 Å². The minimum atomic E-state index is -0.129. The normalized spacial score (nSPS) is 13.9. The number of hydrogen-bond acceptors (Lipinski definition) is 4. The number of rotatable bonds is 6. The van der Waals surface area contributed by atoms with Crippen LogP contribution in [0.1, 0.15) is 34.0 Å². The lowest BCUT2D eigenvalue weighted by Gasteiger charge is -2.07. The molecule has 5 heteroatoms. The highest BCUT2D eigenvalue weighted by Gasteiger charge is 2.28. The third-order valence-corrected chi connectivity index (χ3v) is 5.91. The summed E-state index contributed by atoms with van der Waals surface area (Å²) in [5, 5.41) is 1.01. The first-order chi connectivity index (χ1) is 16.1. The van der Waals surface area contributed by atoms with Gasteiger partial charge in [-0.3, -0.25) is 4.79 Å². The average Bonchev–Trinajstić information content (AvgIpc) is 3.35. The molecule has 0 spiro atoms. The van der Waals surface area contributed by atoms with E-state index in [0.717, 1.165) is 34.3 Å². The van der Waals surface area contributed by atoms with Gasteiger partial charge in [-0.05, 0) is 55.8 Å². The van der Waals surface area contributed by atoms with E-state index in [1.54, 1.807) is 19.2 Å². The Morgan fingerprint density at radius 1 is 1.00 bits per heavy atom. The summed E-state index contributed by atoms with van der Waals surface area (Å²) >= 11 is 0. The number of carbonyl (C=O) groups is 1. The molecule has 0 N–H and O–H groups in total. The highest BCUT2D eigenvalue weighted by molar-refractivity contribution is 6.15. The molecular weight excluding hydrogens is 414 g/mol. The number of aromatic nitrogens is 1. The van der Waals surface area contributed by atoms with Crippen LogP contribution in [0.4, 0.5) is 0 Å². The van der Waals surface area contributed by atoms with Gasteiger partial charge >= 0.3 is 0 Å². The number of Topliss-reactive ketones (excluding diaryl/α,β-unsaturated/α-hetero) is 1. The molecule has 2 heterocycles. The maximum Gasteiger partial charge on any atom is 0.231 e. The molecule has 0 radical (unpaired) electrons. The van der Waals surface area contributed by atoms with Gasteiger partial charge < -0.3 is 18.8 Å². The topological polar surface area (TPSA) is 49.7 Å². The molecule has 5 rings (SSSR count). The Balaban J connectivity index is 1.41. The fourth-order valence-corrected chi connectivity index (χ4v) is 4.06. The van der Waals surface area contributed by atoms with Crippen molar-refractivity contribution in [2.75, 3.05) is 7.11 Å². The summed E-state index contributed by atoms with van der Waals surface area (Å²) in [6, 6.07) is 19.5. The number of benzene rings is 3. The van der Waals surface area contributed by atoms with Crippen LogP contribution in [0.5, 0.6) is 17.2 Å². The Kier molecular flexibility index (Phi) is 5.38. The predicted molar refractivity (Wildman–Crippen MR) is 129 cm³/mol. The molecule has 33 heavy (non-hydrogen) atoms. The predicted octanol–water partition coefficient (Wildman–Crippen LogP) is 6.17. The van der Waals surface area contributed by atoms with E-state index in [9.17, 15) is 4.79 Å². The molecule has 166 valence electrons. The maximum atomic E-state index is 13.0. The van der Waals surface area contributed by atoms with E-state index in [1.807, 2.05) is 48.7 Å². The summed E-state index contributed by atoms with van der Waals surface area (Å²) in [7, 11) is 1.65. The van der Waals surface area contributed by atoms with Gasteiger partial charge in [0.1, 0.15) is 23.9 Å². The molecule has 4 aromatic rings. The van der Waals surface area contributed by atoms with Crippen LogP contribution >= 0.6 is 0 Å². The average molecular weight is 440 g/mol. The lowest BCUT2D eigenvalue weighted by Crippen LogP contribution is -1.98. The Bertz CT molecular complexity index is 1380. The fourth-order valence-electron chi connectivity index (χ4n) is 4.06. The first kappa shape index (κ1) is 20.9. The number of fused-ring (bicyclic) bond motifs is 2. The highest BCUT2D eigenvalue weighted by Crippen LogP contribution is 2.36. The second-order valence-electron chi connectivity index (χ2n) is 8.13. The van der Waals surface area contributed by atoms with Crippen LogP contribution in [0.25, 0.3) is 17.0 Å². The quantitative estimate of drug-likeness (QED) is 0.337. The molecule has 0 aliphatic carbocycles. The molecule has 0 bridgehead atoms. The smallest absolute Gasteiger partial charge is 0.231 e. The minimum absolute atomic E-state index is 0.129. The van der Waals surface area contributed by atoms with Crippen molar-refractivity contribution in [1.29, 1.82) is 0 Å². The summed E-state index contributed by atoms with van der Waals surface area (Å²) in [5.41, 5.74) is 4.84. The number of hydrogen-bond donors (Lipinski definition) is 0. The van der Waals surface area contributed by atoms with Crippen LogP contribution in [0.15, 0.2) is 72.6 Å². The van der Waals surface area contributed by atoms with E-state index in [0.29, 0.717) is 29.4 Å². The largest absolute Gasteiger partial charge is 0.497 e. The molecular formula is C28H25NO4. The summed E-state index contributed by atoms with van der Waals surface area (Å²) in [6.45, 7) is 5.42. The first-order valence-electron chi connectivity index (χ1n) is 11.0. The van der Waals surface area contributed by atoms with Crippen molar-refractivity contribution in [3.63, 3.8) is 0 Å². The molecule has 0 fully saturated rings. The van der Waals surface area contributed by atoms with Crippen molar-refractivity contribution in [2.45, 2.75) is 27.0 Å². The van der Waals surface area contributed by atoms with Gasteiger partial charge in [0.2, 0.25) is 5.78 Å². The van der Waals surface area contributed by atoms with Crippen LogP contribution < -0.4 is 14.2 Å². The Hall–Kier alpha value is -3.99. The third-order valence-electron chi connectivity index (χ3n) is 5.91. The number of ether oxygens (including phenoxy) is 3. The molecule has 1 aliphatic heterocycles. The number of carbonyl (C=O) groups excluding carboxylic acids is 1. The van der Waals surface area contributed by atoms with Crippen LogP contribution in [-0.4, -0.2) is 17.5 Å². The van der Waals surface area contributed by atoms with Crippen LogP contribution in [0, 0.1) is 6.92 Å². The van der Waals surface area contributed by atoms with E-state index >= 15 is 0 Å². The number of ketones is 1. The van der Waals surface area contributed by atoms with Gasteiger partial charge in [-0.2, -0.15) is 0 Å². The van der Waals surface area contributed by atoms with E-state index in [2.05, 4.69) is 30.5 Å². The molecule has 5 nitrogen and oxygen atoms in total. The zero-order valence-corrected chi connectivity index (χ0v) is 18.9. The second-order valence-corrected chi connectivity index (χ2v) is 8.13. The van der Waals surface area contributed by atoms with Gasteiger partial charge in [-0.25, -0.2) is 0 Å². The summed E-state index contributed by atoms with van der Waals surface area (Å²) < 4.78 is 19.4. The number of methoxy groups -OCH3 is 1. The molecule has 0 saturated heterocycles. The summed E-state index contributed by atoms with van der Waals surface area (Å²) in [5.74, 6) is 2.13. The van der Waals surface area contributed by atoms with Crippen LogP contribution in [0.2, 0.25) is 0 Å². The van der Waals surface area contributed by atoms with Crippen molar-refractivity contribution in [1.82, 2.24) is 4.57 Å². The molecule has 3 aromatic carbocycles. The van der Waals surface area contributed by atoms with Gasteiger partial charge in [-0.1, -0.05) is 29.8 Å². The van der Waals surface area contributed by atoms with Gasteiger partial charge in [0.05, 0.1) is 12.7 Å². The molecule has 1 aliphatic rings. The maximum absolute atomic E-state index is 13.0. The third kappa shape index (κ3) is 3.98. The summed E-state index contributed by atoms with van der Waals surface area (Å²) in [4.78, 5) is 13.0. The number of aryl methyl sites for hydroxylation is 2. The van der Waals surface area contributed by atoms with E-state index in [4.69, 9.17) is 14.2 Å².